The highest BCUT2D eigenvalue weighted by Crippen LogP contribution is 2.27. The number of esters is 1. The van der Waals surface area contributed by atoms with E-state index < -0.39 is 5.97 Å². The number of benzene rings is 6. The summed E-state index contributed by atoms with van der Waals surface area (Å²) < 4.78 is 32.3. The number of carboxylic acid groups (broad SMARTS) is 1. The Morgan fingerprint density at radius 2 is 1.01 bits per heavy atom. The quantitative estimate of drug-likeness (QED) is 0.0833. The highest BCUT2D eigenvalue weighted by Gasteiger charge is 2.16. The molecule has 2 saturated heterocycles. The van der Waals surface area contributed by atoms with Gasteiger partial charge in [0.15, 0.2) is 0 Å². The molecule has 10 rings (SSSR count). The smallest absolute Gasteiger partial charge is 0.338 e. The number of morpholine rings is 2. The van der Waals surface area contributed by atoms with Crippen LogP contribution < -0.4 is 9.47 Å². The molecule has 2 aliphatic rings. The third-order valence-electron chi connectivity index (χ3n) is 13.3. The first-order chi connectivity index (χ1) is 35.6. The summed E-state index contributed by atoms with van der Waals surface area (Å²) in [5.41, 5.74) is 9.21. The summed E-state index contributed by atoms with van der Waals surface area (Å²) in [6, 6.07) is 43.9. The summed E-state index contributed by atoms with van der Waals surface area (Å²) in [6.45, 7) is 11.7. The molecule has 0 bridgehead atoms. The molecule has 0 unspecified atom stereocenters. The molecule has 0 radical (unpaired) electrons. The molecular formula is C59H60Cl2N4O8. The molecule has 1 N–H and O–H groups in total. The standard InChI is InChI=1S/C30H31ClN2O4.C29H29ClN2O4/c1-35-30(34)28-20-26(31)7-6-24(28)17-22-5-8-29-25(18-22)9-10-33(29)21-23-3-2-4-27(19-23)37-16-13-32-11-14-36-15-12-32;30-25-6-5-23(27(19-25)29(33)34)16-21-4-7-28-24(17-21)8-9-32(28)20-22-2-1-3-26(18-22)36-15-12-31-10-13-35-14-11-31/h2-10,18-20H,11-17,21H2,1H3;1-9,17-19H,10-16,20H2,(H,33,34). The maximum absolute atomic E-state index is 12.2. The molecule has 0 spiro atoms. The lowest BCUT2D eigenvalue weighted by atomic mass is 9.99. The van der Waals surface area contributed by atoms with Gasteiger partial charge in [-0.3, -0.25) is 9.80 Å². The van der Waals surface area contributed by atoms with Crippen LogP contribution in [0.15, 0.2) is 146 Å². The van der Waals surface area contributed by atoms with Gasteiger partial charge in [-0.2, -0.15) is 0 Å². The van der Waals surface area contributed by atoms with Crippen LogP contribution in [0.4, 0.5) is 0 Å². The van der Waals surface area contributed by atoms with Crippen LogP contribution in [0, 0.1) is 0 Å². The monoisotopic (exact) mass is 1020 g/mol. The number of carboxylic acids is 1. The van der Waals surface area contributed by atoms with E-state index in [4.69, 9.17) is 46.9 Å². The maximum atomic E-state index is 12.2. The lowest BCUT2D eigenvalue weighted by Gasteiger charge is -2.26. The Hall–Kier alpha value is -6.64. The molecule has 0 amide bonds. The lowest BCUT2D eigenvalue weighted by molar-refractivity contribution is 0.0321. The Labute approximate surface area is 436 Å². The molecule has 73 heavy (non-hydrogen) atoms. The molecule has 378 valence electrons. The molecule has 2 fully saturated rings. The second kappa shape index (κ2) is 24.9. The zero-order chi connectivity index (χ0) is 50.5. The van der Waals surface area contributed by atoms with Crippen molar-refractivity contribution >= 4 is 56.9 Å². The van der Waals surface area contributed by atoms with Crippen LogP contribution in [-0.2, 0) is 40.1 Å². The highest BCUT2D eigenvalue weighted by atomic mass is 35.5. The third kappa shape index (κ3) is 13.9. The van der Waals surface area contributed by atoms with Gasteiger partial charge in [0.05, 0.1) is 44.7 Å². The number of aromatic nitrogens is 2. The molecule has 0 atom stereocenters. The summed E-state index contributed by atoms with van der Waals surface area (Å²) in [4.78, 5) is 28.6. The molecule has 2 aromatic heterocycles. The van der Waals surface area contributed by atoms with E-state index in [1.165, 1.54) is 24.3 Å². The first kappa shape index (κ1) is 51.3. The second-order valence-corrected chi connectivity index (χ2v) is 19.2. The number of hydrogen-bond donors (Lipinski definition) is 1. The number of methoxy groups -OCH3 is 1. The number of ether oxygens (including phenoxy) is 5. The predicted molar refractivity (Wildman–Crippen MR) is 287 cm³/mol. The minimum Gasteiger partial charge on any atom is -0.492 e. The first-order valence-electron chi connectivity index (χ1n) is 24.7. The van der Waals surface area contributed by atoms with Crippen molar-refractivity contribution < 1.29 is 38.4 Å². The van der Waals surface area contributed by atoms with E-state index >= 15 is 0 Å². The zero-order valence-electron chi connectivity index (χ0n) is 41.0. The number of rotatable bonds is 18. The second-order valence-electron chi connectivity index (χ2n) is 18.3. The number of fused-ring (bicyclic) bond motifs is 2. The molecule has 6 aromatic carbocycles. The van der Waals surface area contributed by atoms with Gasteiger partial charge in [0.1, 0.15) is 24.7 Å². The number of carbonyl (C=O) groups is 2. The van der Waals surface area contributed by atoms with Crippen molar-refractivity contribution in [1.82, 2.24) is 18.9 Å². The van der Waals surface area contributed by atoms with Gasteiger partial charge in [0.25, 0.3) is 0 Å². The van der Waals surface area contributed by atoms with Crippen LogP contribution >= 0.6 is 23.2 Å². The normalized spacial score (nSPS) is 14.2. The van der Waals surface area contributed by atoms with Gasteiger partial charge in [-0.15, -0.1) is 0 Å². The van der Waals surface area contributed by atoms with Gasteiger partial charge in [-0.1, -0.05) is 71.7 Å². The van der Waals surface area contributed by atoms with Crippen molar-refractivity contribution in [2.24, 2.45) is 0 Å². The van der Waals surface area contributed by atoms with Crippen molar-refractivity contribution in [3.63, 3.8) is 0 Å². The van der Waals surface area contributed by atoms with Crippen molar-refractivity contribution in [2.75, 3.05) is 86.0 Å². The fourth-order valence-corrected chi connectivity index (χ4v) is 9.78. The van der Waals surface area contributed by atoms with E-state index in [0.29, 0.717) is 41.7 Å². The van der Waals surface area contributed by atoms with Crippen LogP contribution in [0.25, 0.3) is 21.8 Å². The van der Waals surface area contributed by atoms with Crippen LogP contribution in [0.2, 0.25) is 10.0 Å². The van der Waals surface area contributed by atoms with Gasteiger partial charge in [0.2, 0.25) is 0 Å². The zero-order valence-corrected chi connectivity index (χ0v) is 42.5. The summed E-state index contributed by atoms with van der Waals surface area (Å²) in [7, 11) is 1.38. The molecule has 0 aliphatic carbocycles. The minimum atomic E-state index is -0.966. The Bertz CT molecular complexity index is 3160. The summed E-state index contributed by atoms with van der Waals surface area (Å²) in [5.74, 6) is 0.440. The van der Waals surface area contributed by atoms with Crippen molar-refractivity contribution in [3.8, 4) is 11.5 Å². The van der Waals surface area contributed by atoms with Crippen LogP contribution in [0.3, 0.4) is 0 Å². The maximum Gasteiger partial charge on any atom is 0.338 e. The molecular weight excluding hydrogens is 964 g/mol. The number of aromatic carboxylic acids is 1. The molecule has 4 heterocycles. The van der Waals surface area contributed by atoms with Crippen molar-refractivity contribution in [3.05, 3.63) is 200 Å². The Morgan fingerprint density at radius 1 is 0.548 bits per heavy atom. The van der Waals surface area contributed by atoms with Gasteiger partial charge >= 0.3 is 11.9 Å². The van der Waals surface area contributed by atoms with Crippen LogP contribution in [-0.4, -0.2) is 122 Å². The number of hydrogen-bond acceptors (Lipinski definition) is 9. The molecule has 8 aromatic rings. The number of halogens is 2. The Kier molecular flexibility index (Phi) is 17.5. The summed E-state index contributed by atoms with van der Waals surface area (Å²) in [6.07, 6.45) is 5.35. The minimum absolute atomic E-state index is 0.243. The largest absolute Gasteiger partial charge is 0.492 e. The summed E-state index contributed by atoms with van der Waals surface area (Å²) in [5, 5.41) is 12.8. The van der Waals surface area contributed by atoms with Crippen LogP contribution in [0.1, 0.15) is 54.1 Å². The van der Waals surface area contributed by atoms with E-state index in [1.807, 2.05) is 30.3 Å². The van der Waals surface area contributed by atoms with Gasteiger partial charge in [-0.05, 0) is 142 Å². The first-order valence-corrected chi connectivity index (χ1v) is 25.5. The van der Waals surface area contributed by atoms with E-state index in [9.17, 15) is 14.7 Å². The Balaban J connectivity index is 0.000000180. The van der Waals surface area contributed by atoms with Crippen LogP contribution in [0.5, 0.6) is 11.5 Å². The third-order valence-corrected chi connectivity index (χ3v) is 13.8. The molecule has 14 heteroatoms. The van der Waals surface area contributed by atoms with Gasteiger partial charge < -0.3 is 37.9 Å². The average molecular weight is 1020 g/mol. The fraction of sp³-hybridized carbons (Fsp3) is 0.288. The van der Waals surface area contributed by atoms with E-state index in [1.54, 1.807) is 24.3 Å². The molecule has 12 nitrogen and oxygen atoms in total. The van der Waals surface area contributed by atoms with Gasteiger partial charge in [0, 0.05) is 85.8 Å². The number of nitrogens with zero attached hydrogens (tertiary/aromatic N) is 4. The predicted octanol–water partition coefficient (Wildman–Crippen LogP) is 10.8. The highest BCUT2D eigenvalue weighted by molar-refractivity contribution is 6.31. The number of carbonyl (C=O) groups excluding carboxylic acids is 1. The SMILES string of the molecule is COC(=O)c1cc(Cl)ccc1Cc1ccc2c(ccn2Cc2cccc(OCCN3CCOCC3)c2)c1.O=C(O)c1cc(Cl)ccc1Cc1ccc2c(ccn2Cc2cccc(OCCN3CCOCC3)c2)c1. The lowest BCUT2D eigenvalue weighted by Crippen LogP contribution is -2.38. The fourth-order valence-electron chi connectivity index (χ4n) is 9.43. The van der Waals surface area contributed by atoms with Gasteiger partial charge in [-0.25, -0.2) is 9.59 Å². The topological polar surface area (TPSA) is 117 Å². The van der Waals surface area contributed by atoms with E-state index in [2.05, 4.69) is 104 Å². The average Bonchev–Trinajstić information content (AvgIpc) is 4.00. The van der Waals surface area contributed by atoms with E-state index in [-0.39, 0.29) is 11.5 Å². The van der Waals surface area contributed by atoms with Crippen molar-refractivity contribution in [2.45, 2.75) is 25.9 Å². The molecule has 0 saturated carbocycles. The van der Waals surface area contributed by atoms with E-state index in [0.717, 1.165) is 134 Å². The summed E-state index contributed by atoms with van der Waals surface area (Å²) >= 11 is 12.1. The van der Waals surface area contributed by atoms with Crippen molar-refractivity contribution in [1.29, 1.82) is 0 Å². The molecule has 2 aliphatic heterocycles. The Morgan fingerprint density at radius 3 is 1.48 bits per heavy atom.